The van der Waals surface area contributed by atoms with Gasteiger partial charge >= 0.3 is 0 Å². The molecule has 0 radical (unpaired) electrons. The molecule has 0 spiro atoms. The second-order valence-corrected chi connectivity index (χ2v) is 8.00. The smallest absolute Gasteiger partial charge is 0.264 e. The Kier molecular flexibility index (Phi) is 5.38. The van der Waals surface area contributed by atoms with E-state index in [1.165, 1.54) is 7.11 Å². The lowest BCUT2D eigenvalue weighted by atomic mass is 9.88. The molecule has 5 heteroatoms. The number of hydrogen-bond donors (Lipinski definition) is 1. The maximum Gasteiger partial charge on any atom is 0.264 e. The first kappa shape index (κ1) is 20.8. The third kappa shape index (κ3) is 3.62. The highest BCUT2D eigenvalue weighted by Gasteiger charge is 2.51. The van der Waals surface area contributed by atoms with Crippen LogP contribution in [0.25, 0.3) is 0 Å². The van der Waals surface area contributed by atoms with Gasteiger partial charge in [0.25, 0.3) is 5.91 Å². The van der Waals surface area contributed by atoms with Crippen LogP contribution in [0.4, 0.5) is 5.69 Å². The maximum absolute atomic E-state index is 13.5. The quantitative estimate of drug-likeness (QED) is 0.609. The zero-order valence-electron chi connectivity index (χ0n) is 17.9. The molecule has 0 fully saturated rings. The monoisotopic (exact) mass is 415 g/mol. The van der Waals surface area contributed by atoms with Crippen molar-refractivity contribution in [2.24, 2.45) is 0 Å². The van der Waals surface area contributed by atoms with Gasteiger partial charge in [0.15, 0.2) is 11.4 Å². The molecular formula is C26H25NO4. The maximum atomic E-state index is 13.5. The summed E-state index contributed by atoms with van der Waals surface area (Å²) in [4.78, 5) is 28.2. The molecule has 5 nitrogen and oxygen atoms in total. The van der Waals surface area contributed by atoms with Gasteiger partial charge in [0, 0.05) is 5.56 Å². The summed E-state index contributed by atoms with van der Waals surface area (Å²) in [5, 5.41) is 11.5. The predicted octanol–water partition coefficient (Wildman–Crippen LogP) is 4.32. The van der Waals surface area contributed by atoms with Crippen molar-refractivity contribution in [1.82, 2.24) is 0 Å². The summed E-state index contributed by atoms with van der Waals surface area (Å²) >= 11 is 0. The van der Waals surface area contributed by atoms with Gasteiger partial charge in [0.05, 0.1) is 31.3 Å². The number of methoxy groups -OCH3 is 1. The third-order valence-electron chi connectivity index (χ3n) is 5.90. The van der Waals surface area contributed by atoms with Gasteiger partial charge in [-0.3, -0.25) is 9.59 Å². The van der Waals surface area contributed by atoms with Crippen molar-refractivity contribution in [3.8, 4) is 5.75 Å². The normalized spacial score (nSPS) is 17.5. The molecule has 1 N–H and O–H groups in total. The molecule has 1 heterocycles. The second kappa shape index (κ2) is 8.00. The van der Waals surface area contributed by atoms with Crippen LogP contribution in [0.1, 0.15) is 39.0 Å². The number of para-hydroxylation sites is 2. The van der Waals surface area contributed by atoms with Crippen LogP contribution in [0.2, 0.25) is 0 Å². The largest absolute Gasteiger partial charge is 0.496 e. The van der Waals surface area contributed by atoms with E-state index < -0.39 is 11.5 Å². The van der Waals surface area contributed by atoms with Gasteiger partial charge < -0.3 is 14.7 Å². The molecule has 0 saturated carbocycles. The minimum absolute atomic E-state index is 0.328. The molecule has 0 bridgehead atoms. The summed E-state index contributed by atoms with van der Waals surface area (Å²) < 4.78 is 5.29. The molecule has 1 aliphatic heterocycles. The molecule has 0 aromatic heterocycles. The van der Waals surface area contributed by atoms with E-state index in [-0.39, 0.29) is 12.2 Å². The highest BCUT2D eigenvalue weighted by atomic mass is 16.5. The Morgan fingerprint density at radius 1 is 1.03 bits per heavy atom. The Bertz CT molecular complexity index is 1170. The molecular weight excluding hydrogens is 390 g/mol. The number of carbonyl (C=O) groups excluding carboxylic acids is 2. The summed E-state index contributed by atoms with van der Waals surface area (Å²) in [6.45, 7) is 4.33. The number of rotatable bonds is 6. The molecule has 31 heavy (non-hydrogen) atoms. The van der Waals surface area contributed by atoms with E-state index in [2.05, 4.69) is 0 Å². The zero-order valence-corrected chi connectivity index (χ0v) is 17.9. The summed E-state index contributed by atoms with van der Waals surface area (Å²) in [7, 11) is 1.49. The number of fused-ring (bicyclic) bond motifs is 1. The lowest BCUT2D eigenvalue weighted by Gasteiger charge is -2.23. The average Bonchev–Trinajstić information content (AvgIpc) is 2.98. The lowest BCUT2D eigenvalue weighted by molar-refractivity contribution is -0.136. The molecule has 3 aromatic rings. The standard InChI is InChI=1S/C26H25NO4/c1-17-12-13-18(2)19(14-17)16-27-22-10-6-5-9-21(22)26(30,25(27)29)15-23(28)20-8-4-7-11-24(20)31-3/h4-14,30H,15-16H2,1-3H3/t26-/m0/s1. The lowest BCUT2D eigenvalue weighted by Crippen LogP contribution is -2.41. The summed E-state index contributed by atoms with van der Waals surface area (Å²) in [5.41, 5.74) is 2.67. The van der Waals surface area contributed by atoms with Crippen LogP contribution < -0.4 is 9.64 Å². The average molecular weight is 415 g/mol. The number of aliphatic hydroxyl groups is 1. The van der Waals surface area contributed by atoms with Crippen molar-refractivity contribution in [3.05, 3.63) is 94.5 Å². The fourth-order valence-electron chi connectivity index (χ4n) is 4.18. The first-order valence-corrected chi connectivity index (χ1v) is 10.2. The van der Waals surface area contributed by atoms with E-state index in [0.717, 1.165) is 16.7 Å². The number of nitrogens with zero attached hydrogens (tertiary/aromatic N) is 1. The van der Waals surface area contributed by atoms with Crippen molar-refractivity contribution in [1.29, 1.82) is 0 Å². The number of ketones is 1. The van der Waals surface area contributed by atoms with E-state index >= 15 is 0 Å². The van der Waals surface area contributed by atoms with Crippen LogP contribution in [0.5, 0.6) is 5.75 Å². The van der Waals surface area contributed by atoms with Gasteiger partial charge in [-0.25, -0.2) is 0 Å². The number of ether oxygens (including phenoxy) is 1. The molecule has 0 saturated heterocycles. The van der Waals surface area contributed by atoms with Gasteiger partial charge in [-0.1, -0.05) is 54.1 Å². The predicted molar refractivity (Wildman–Crippen MR) is 119 cm³/mol. The summed E-state index contributed by atoms with van der Waals surface area (Å²) in [6, 6.07) is 20.1. The Hall–Kier alpha value is -3.44. The van der Waals surface area contributed by atoms with Crippen LogP contribution in [-0.2, 0) is 16.9 Å². The van der Waals surface area contributed by atoms with E-state index in [4.69, 9.17) is 4.74 Å². The Balaban J connectivity index is 1.71. The number of carbonyl (C=O) groups is 2. The highest BCUT2D eigenvalue weighted by Crippen LogP contribution is 2.44. The first-order valence-electron chi connectivity index (χ1n) is 10.2. The fraction of sp³-hybridized carbons (Fsp3) is 0.231. The van der Waals surface area contributed by atoms with E-state index in [0.29, 0.717) is 29.1 Å². The van der Waals surface area contributed by atoms with Gasteiger partial charge in [-0.2, -0.15) is 0 Å². The molecule has 4 rings (SSSR count). The van der Waals surface area contributed by atoms with Gasteiger partial charge in [0.2, 0.25) is 0 Å². The van der Waals surface area contributed by atoms with Gasteiger partial charge in [-0.15, -0.1) is 0 Å². The van der Waals surface area contributed by atoms with E-state index in [1.807, 2.05) is 44.2 Å². The van der Waals surface area contributed by atoms with Gasteiger partial charge in [0.1, 0.15) is 5.75 Å². The van der Waals surface area contributed by atoms with E-state index in [9.17, 15) is 14.7 Å². The molecule has 1 aliphatic rings. The SMILES string of the molecule is COc1ccccc1C(=O)C[C@@]1(O)C(=O)N(Cc2cc(C)ccc2C)c2ccccc21. The molecule has 0 aliphatic carbocycles. The number of hydrogen-bond acceptors (Lipinski definition) is 4. The minimum atomic E-state index is -1.92. The summed E-state index contributed by atoms with van der Waals surface area (Å²) in [5.74, 6) is -0.420. The fourth-order valence-corrected chi connectivity index (χ4v) is 4.18. The number of amides is 1. The second-order valence-electron chi connectivity index (χ2n) is 8.00. The van der Waals surface area contributed by atoms with Crippen molar-refractivity contribution >= 4 is 17.4 Å². The Morgan fingerprint density at radius 3 is 2.52 bits per heavy atom. The zero-order chi connectivity index (χ0) is 22.2. The molecule has 0 unspecified atom stereocenters. The topological polar surface area (TPSA) is 66.8 Å². The molecule has 1 atom stereocenters. The van der Waals surface area contributed by atoms with Crippen molar-refractivity contribution in [3.63, 3.8) is 0 Å². The van der Waals surface area contributed by atoms with Gasteiger partial charge in [-0.05, 0) is 43.2 Å². The van der Waals surface area contributed by atoms with Crippen LogP contribution >= 0.6 is 0 Å². The first-order chi connectivity index (χ1) is 14.8. The Morgan fingerprint density at radius 2 is 1.74 bits per heavy atom. The van der Waals surface area contributed by atoms with Crippen LogP contribution in [0, 0.1) is 13.8 Å². The third-order valence-corrected chi connectivity index (χ3v) is 5.90. The van der Waals surface area contributed by atoms with Crippen molar-refractivity contribution < 1.29 is 19.4 Å². The van der Waals surface area contributed by atoms with Crippen molar-refractivity contribution in [2.45, 2.75) is 32.4 Å². The number of benzene rings is 3. The number of Topliss-reactive ketones (excluding diaryl/α,β-unsaturated/α-hetero) is 1. The number of aryl methyl sites for hydroxylation is 2. The minimum Gasteiger partial charge on any atom is -0.496 e. The molecule has 3 aromatic carbocycles. The van der Waals surface area contributed by atoms with Crippen LogP contribution in [0.15, 0.2) is 66.7 Å². The Labute approximate surface area is 181 Å². The van der Waals surface area contributed by atoms with Crippen LogP contribution in [0.3, 0.4) is 0 Å². The number of anilines is 1. The van der Waals surface area contributed by atoms with E-state index in [1.54, 1.807) is 41.3 Å². The van der Waals surface area contributed by atoms with Crippen LogP contribution in [-0.4, -0.2) is 23.9 Å². The molecule has 158 valence electrons. The summed E-state index contributed by atoms with van der Waals surface area (Å²) in [6.07, 6.45) is -0.355. The molecule has 1 amide bonds. The highest BCUT2D eigenvalue weighted by molar-refractivity contribution is 6.11. The van der Waals surface area contributed by atoms with Crippen molar-refractivity contribution in [2.75, 3.05) is 12.0 Å².